The lowest BCUT2D eigenvalue weighted by Gasteiger charge is -2.26. The Hall–Kier alpha value is -4.05. The molecule has 2 aromatic heterocycles. The van der Waals surface area contributed by atoms with Gasteiger partial charge in [-0.25, -0.2) is 14.8 Å². The topological polar surface area (TPSA) is 97.1 Å². The molecule has 0 spiro atoms. The van der Waals surface area contributed by atoms with Crippen molar-refractivity contribution in [1.82, 2.24) is 19.9 Å². The standard InChI is InChI=1S/C32H29IN4O3/c1-20(2)23-6-4-7-25(16-23)32(3,33)36-30(38)24-13-14-28-27(17-24)35-19-37(28)18-21-9-11-22(12-10-21)26-8-5-15-34-29(26)31(39)40/h4-17,19-20H,18H2,1-3H3,(H,36,38)(H,39,40). The number of aromatic carboxylic acids is 1. The lowest BCUT2D eigenvalue weighted by molar-refractivity contribution is 0.0691. The number of amides is 1. The van der Waals surface area contributed by atoms with Crippen LogP contribution in [0.25, 0.3) is 22.2 Å². The first-order valence-electron chi connectivity index (χ1n) is 13.0. The van der Waals surface area contributed by atoms with Gasteiger partial charge in [-0.1, -0.05) is 68.4 Å². The van der Waals surface area contributed by atoms with Crippen molar-refractivity contribution in [2.45, 2.75) is 36.8 Å². The summed E-state index contributed by atoms with van der Waals surface area (Å²) in [5, 5.41) is 12.6. The average Bonchev–Trinajstić information content (AvgIpc) is 3.35. The number of nitrogens with one attached hydrogen (secondary N) is 1. The Morgan fingerprint density at radius 1 is 1.00 bits per heavy atom. The first-order valence-corrected chi connectivity index (χ1v) is 14.0. The SMILES string of the molecule is CC(C)c1cccc(C(C)(I)NC(=O)c2ccc3c(c2)ncn3Cc2ccc(-c3cccnc3C(=O)O)cc2)c1. The molecule has 0 radical (unpaired) electrons. The van der Waals surface area contributed by atoms with Gasteiger partial charge in [-0.15, -0.1) is 0 Å². The molecule has 0 fully saturated rings. The van der Waals surface area contributed by atoms with Crippen LogP contribution in [0.1, 0.15) is 64.2 Å². The van der Waals surface area contributed by atoms with Gasteiger partial charge in [-0.05, 0) is 82.0 Å². The van der Waals surface area contributed by atoms with E-state index in [0.717, 1.165) is 27.7 Å². The quantitative estimate of drug-likeness (QED) is 0.108. The maximum Gasteiger partial charge on any atom is 0.355 e. The fourth-order valence-electron chi connectivity index (χ4n) is 4.67. The molecule has 1 amide bonds. The third kappa shape index (κ3) is 5.77. The Morgan fingerprint density at radius 3 is 2.50 bits per heavy atom. The van der Waals surface area contributed by atoms with Crippen molar-refractivity contribution in [2.24, 2.45) is 0 Å². The van der Waals surface area contributed by atoms with Crippen molar-refractivity contribution in [3.05, 3.63) is 119 Å². The molecule has 0 aliphatic heterocycles. The van der Waals surface area contributed by atoms with Gasteiger partial charge in [-0.2, -0.15) is 0 Å². The number of aromatic nitrogens is 3. The van der Waals surface area contributed by atoms with Gasteiger partial charge in [0.15, 0.2) is 5.69 Å². The molecule has 3 aromatic carbocycles. The van der Waals surface area contributed by atoms with Crippen molar-refractivity contribution >= 4 is 45.5 Å². The van der Waals surface area contributed by atoms with E-state index in [1.54, 1.807) is 18.5 Å². The summed E-state index contributed by atoms with van der Waals surface area (Å²) in [5.74, 6) is -0.805. The summed E-state index contributed by atoms with van der Waals surface area (Å²) in [7, 11) is 0. The second kappa shape index (κ2) is 11.2. The van der Waals surface area contributed by atoms with Gasteiger partial charge in [0.2, 0.25) is 0 Å². The third-order valence-corrected chi connectivity index (χ3v) is 7.85. The minimum Gasteiger partial charge on any atom is -0.476 e. The van der Waals surface area contributed by atoms with Gasteiger partial charge in [0.1, 0.15) is 3.55 Å². The second-order valence-electron chi connectivity index (χ2n) is 10.2. The summed E-state index contributed by atoms with van der Waals surface area (Å²) in [6.07, 6.45) is 3.25. The molecule has 2 heterocycles. The predicted octanol–water partition coefficient (Wildman–Crippen LogP) is 7.01. The van der Waals surface area contributed by atoms with E-state index < -0.39 is 9.51 Å². The second-order valence-corrected chi connectivity index (χ2v) is 12.4. The number of alkyl halides is 1. The number of fused-ring (bicyclic) bond motifs is 1. The van der Waals surface area contributed by atoms with E-state index in [1.807, 2.05) is 66.1 Å². The van der Waals surface area contributed by atoms with Crippen molar-refractivity contribution in [3.8, 4) is 11.1 Å². The van der Waals surface area contributed by atoms with Crippen LogP contribution in [0, 0.1) is 0 Å². The van der Waals surface area contributed by atoms with Gasteiger partial charge in [-0.3, -0.25) is 4.79 Å². The highest BCUT2D eigenvalue weighted by molar-refractivity contribution is 14.1. The molecule has 5 aromatic rings. The van der Waals surface area contributed by atoms with Gasteiger partial charge in [0.25, 0.3) is 5.91 Å². The number of imidazole rings is 1. The fraction of sp³-hybridized carbons (Fsp3) is 0.188. The summed E-state index contributed by atoms with van der Waals surface area (Å²) in [6.45, 7) is 6.90. The highest BCUT2D eigenvalue weighted by Crippen LogP contribution is 2.31. The average molecular weight is 645 g/mol. The number of carboxylic acids is 1. The Morgan fingerprint density at radius 2 is 1.77 bits per heavy atom. The Bertz CT molecular complexity index is 1710. The van der Waals surface area contributed by atoms with E-state index >= 15 is 0 Å². The van der Waals surface area contributed by atoms with Crippen molar-refractivity contribution < 1.29 is 14.7 Å². The fourth-order valence-corrected chi connectivity index (χ4v) is 5.25. The third-order valence-electron chi connectivity index (χ3n) is 6.96. The Labute approximate surface area is 246 Å². The molecule has 7 nitrogen and oxygen atoms in total. The van der Waals surface area contributed by atoms with E-state index in [0.29, 0.717) is 23.6 Å². The van der Waals surface area contributed by atoms with Crippen LogP contribution in [-0.4, -0.2) is 31.5 Å². The molecule has 8 heteroatoms. The summed E-state index contributed by atoms with van der Waals surface area (Å²) in [4.78, 5) is 33.3. The monoisotopic (exact) mass is 644 g/mol. The number of halogens is 1. The first-order chi connectivity index (χ1) is 19.1. The first kappa shape index (κ1) is 27.5. The number of nitrogens with zero attached hydrogens (tertiary/aromatic N) is 3. The Kier molecular flexibility index (Phi) is 7.71. The van der Waals surface area contributed by atoms with Crippen LogP contribution >= 0.6 is 22.6 Å². The van der Waals surface area contributed by atoms with Crippen LogP contribution < -0.4 is 5.32 Å². The van der Waals surface area contributed by atoms with Crippen LogP contribution in [0.5, 0.6) is 0 Å². The van der Waals surface area contributed by atoms with Crippen molar-refractivity contribution in [3.63, 3.8) is 0 Å². The molecule has 1 atom stereocenters. The van der Waals surface area contributed by atoms with Crippen molar-refractivity contribution in [1.29, 1.82) is 0 Å². The molecule has 5 rings (SSSR count). The van der Waals surface area contributed by atoms with E-state index in [4.69, 9.17) is 0 Å². The number of carbonyl (C=O) groups is 2. The largest absolute Gasteiger partial charge is 0.476 e. The predicted molar refractivity (Wildman–Crippen MR) is 165 cm³/mol. The zero-order valence-corrected chi connectivity index (χ0v) is 24.6. The van der Waals surface area contributed by atoms with Gasteiger partial charge >= 0.3 is 5.97 Å². The molecule has 0 aliphatic carbocycles. The highest BCUT2D eigenvalue weighted by Gasteiger charge is 2.26. The molecular formula is C32H29IN4O3. The summed E-state index contributed by atoms with van der Waals surface area (Å²) < 4.78 is 1.46. The normalized spacial score (nSPS) is 12.8. The minimum atomic E-state index is -1.05. The number of hydrogen-bond acceptors (Lipinski definition) is 4. The number of carbonyl (C=O) groups excluding carboxylic acids is 1. The van der Waals surface area contributed by atoms with Crippen LogP contribution in [0.3, 0.4) is 0 Å². The zero-order valence-electron chi connectivity index (χ0n) is 22.4. The van der Waals surface area contributed by atoms with E-state index in [1.165, 1.54) is 11.8 Å². The molecule has 0 bridgehead atoms. The molecule has 40 heavy (non-hydrogen) atoms. The summed E-state index contributed by atoms with van der Waals surface area (Å²) >= 11 is 2.28. The number of rotatable bonds is 8. The van der Waals surface area contributed by atoms with Gasteiger partial charge < -0.3 is 15.0 Å². The van der Waals surface area contributed by atoms with Gasteiger partial charge in [0.05, 0.1) is 17.4 Å². The highest BCUT2D eigenvalue weighted by atomic mass is 127. The zero-order chi connectivity index (χ0) is 28.4. The maximum atomic E-state index is 13.2. The molecule has 1 unspecified atom stereocenters. The smallest absolute Gasteiger partial charge is 0.355 e. The lowest BCUT2D eigenvalue weighted by Crippen LogP contribution is -2.38. The van der Waals surface area contributed by atoms with Crippen LogP contribution in [-0.2, 0) is 10.1 Å². The number of benzene rings is 3. The minimum absolute atomic E-state index is 0.0302. The number of hydrogen-bond donors (Lipinski definition) is 2. The molecule has 0 saturated heterocycles. The summed E-state index contributed by atoms with van der Waals surface area (Å²) in [6, 6.07) is 25.1. The molecular weight excluding hydrogens is 615 g/mol. The maximum absolute atomic E-state index is 13.2. The van der Waals surface area contributed by atoms with Crippen molar-refractivity contribution in [2.75, 3.05) is 0 Å². The molecule has 0 saturated carbocycles. The summed E-state index contributed by atoms with van der Waals surface area (Å²) in [5.41, 5.74) is 6.93. The Balaban J connectivity index is 1.32. The van der Waals surface area contributed by atoms with E-state index in [-0.39, 0.29) is 11.6 Å². The molecule has 2 N–H and O–H groups in total. The van der Waals surface area contributed by atoms with Gasteiger partial charge in [0, 0.05) is 23.9 Å². The van der Waals surface area contributed by atoms with E-state index in [9.17, 15) is 14.7 Å². The lowest BCUT2D eigenvalue weighted by atomic mass is 9.98. The van der Waals surface area contributed by atoms with Crippen LogP contribution in [0.4, 0.5) is 0 Å². The van der Waals surface area contributed by atoms with Crippen LogP contribution in [0.2, 0.25) is 0 Å². The molecule has 202 valence electrons. The van der Waals surface area contributed by atoms with E-state index in [2.05, 4.69) is 63.9 Å². The van der Waals surface area contributed by atoms with Crippen LogP contribution in [0.15, 0.2) is 91.4 Å². The molecule has 0 aliphatic rings. The number of carboxylic acid groups (broad SMARTS) is 1. The number of pyridine rings is 1.